The second kappa shape index (κ2) is 10.7. The van der Waals surface area contributed by atoms with Crippen LogP contribution in [0, 0.1) is 0 Å². The van der Waals surface area contributed by atoms with Gasteiger partial charge in [0.15, 0.2) is 0 Å². The number of fused-ring (bicyclic) bond motifs is 2. The molecule has 0 spiro atoms. The Morgan fingerprint density at radius 1 is 0.972 bits per heavy atom. The van der Waals surface area contributed by atoms with Crippen LogP contribution >= 0.6 is 22.7 Å². The number of nitrogens with zero attached hydrogens (tertiary/aromatic N) is 3. The molecule has 6 rings (SSSR count). The number of anilines is 1. The Labute approximate surface area is 221 Å². The van der Waals surface area contributed by atoms with E-state index in [4.69, 9.17) is 0 Å². The molecule has 5 heterocycles. The number of carbonyl (C=O) groups excluding carboxylic acids is 1. The van der Waals surface area contributed by atoms with Gasteiger partial charge in [0.2, 0.25) is 0 Å². The molecular formula is C27H36N6OS2. The fraction of sp³-hybridized carbons (Fsp3) is 0.519. The number of amides is 2. The summed E-state index contributed by atoms with van der Waals surface area (Å²) in [6.45, 7) is 7.79. The Morgan fingerprint density at radius 2 is 1.75 bits per heavy atom. The number of hydrogen-bond acceptors (Lipinski definition) is 6. The number of urea groups is 1. The third-order valence-corrected chi connectivity index (χ3v) is 10.3. The lowest BCUT2D eigenvalue weighted by molar-refractivity contribution is 0.148. The molecule has 3 aromatic heterocycles. The van der Waals surface area contributed by atoms with E-state index in [1.807, 2.05) is 22.7 Å². The first-order valence-electron chi connectivity index (χ1n) is 13.2. The molecule has 2 aliphatic heterocycles. The highest BCUT2D eigenvalue weighted by atomic mass is 32.1. The van der Waals surface area contributed by atoms with Crippen LogP contribution in [0.25, 0.3) is 5.00 Å². The number of aromatic nitrogens is 1. The maximum atomic E-state index is 13.2. The number of aryl methyl sites for hydroxylation is 1. The van der Waals surface area contributed by atoms with Crippen molar-refractivity contribution < 1.29 is 4.79 Å². The zero-order valence-electron chi connectivity index (χ0n) is 21.1. The van der Waals surface area contributed by atoms with E-state index in [2.05, 4.69) is 61.9 Å². The van der Waals surface area contributed by atoms with E-state index in [0.717, 1.165) is 70.1 Å². The summed E-state index contributed by atoms with van der Waals surface area (Å²) < 4.78 is 2.18. The van der Waals surface area contributed by atoms with Gasteiger partial charge in [0, 0.05) is 79.1 Å². The SMILES string of the molecule is CN1CCN(Cc2c(NC(=O)NCc3c(-n4cccc4)sc4c3CCNC4)sc3c2CCCC3)CC1. The predicted octanol–water partition coefficient (Wildman–Crippen LogP) is 4.19. The highest BCUT2D eigenvalue weighted by Gasteiger charge is 2.26. The molecule has 0 bridgehead atoms. The molecule has 0 atom stereocenters. The van der Waals surface area contributed by atoms with Crippen molar-refractivity contribution in [1.29, 1.82) is 0 Å². The Kier molecular flexibility index (Phi) is 7.17. The molecule has 0 radical (unpaired) electrons. The van der Waals surface area contributed by atoms with Crippen molar-refractivity contribution in [3.05, 3.63) is 56.5 Å². The van der Waals surface area contributed by atoms with Crippen LogP contribution in [0.5, 0.6) is 0 Å². The van der Waals surface area contributed by atoms with Gasteiger partial charge in [-0.1, -0.05) is 0 Å². The van der Waals surface area contributed by atoms with Crippen molar-refractivity contribution >= 4 is 33.7 Å². The molecule has 3 aliphatic rings. The van der Waals surface area contributed by atoms with Gasteiger partial charge in [-0.15, -0.1) is 22.7 Å². The Balaban J connectivity index is 1.19. The number of nitrogens with one attached hydrogen (secondary N) is 3. The molecule has 2 amide bonds. The molecular weight excluding hydrogens is 488 g/mol. The maximum absolute atomic E-state index is 13.2. The number of thiophene rings is 2. The van der Waals surface area contributed by atoms with Crippen LogP contribution in [-0.4, -0.2) is 60.2 Å². The van der Waals surface area contributed by atoms with Crippen LogP contribution in [0.1, 0.15) is 44.8 Å². The first-order chi connectivity index (χ1) is 17.7. The molecule has 1 aliphatic carbocycles. The lowest BCUT2D eigenvalue weighted by Crippen LogP contribution is -2.44. The molecule has 3 aromatic rings. The van der Waals surface area contributed by atoms with Gasteiger partial charge in [-0.2, -0.15) is 0 Å². The number of piperazine rings is 1. The maximum Gasteiger partial charge on any atom is 0.320 e. The van der Waals surface area contributed by atoms with Gasteiger partial charge in [-0.3, -0.25) is 10.2 Å². The standard InChI is InChI=1S/C27H36N6OS2/c1-31-12-14-32(15-13-31)18-22-19-6-2-3-7-23(19)35-25(22)30-27(34)29-16-21-20-8-9-28-17-24(20)36-26(21)33-10-4-5-11-33/h4-5,10-11,28H,2-3,6-9,12-18H2,1H3,(H2,29,30,34). The van der Waals surface area contributed by atoms with Crippen LogP contribution < -0.4 is 16.0 Å². The molecule has 0 aromatic carbocycles. The highest BCUT2D eigenvalue weighted by Crippen LogP contribution is 2.39. The monoisotopic (exact) mass is 524 g/mol. The third kappa shape index (κ3) is 4.99. The molecule has 0 unspecified atom stereocenters. The zero-order valence-corrected chi connectivity index (χ0v) is 22.7. The first kappa shape index (κ1) is 24.2. The van der Waals surface area contributed by atoms with Gasteiger partial charge in [-0.25, -0.2) is 4.79 Å². The highest BCUT2D eigenvalue weighted by molar-refractivity contribution is 7.16. The number of likely N-dealkylation sites (N-methyl/N-ethyl adjacent to an activating group) is 1. The summed E-state index contributed by atoms with van der Waals surface area (Å²) in [5, 5.41) is 12.3. The summed E-state index contributed by atoms with van der Waals surface area (Å²) in [7, 11) is 2.20. The van der Waals surface area contributed by atoms with Crippen molar-refractivity contribution in [2.75, 3.05) is 45.1 Å². The molecule has 7 nitrogen and oxygen atoms in total. The molecule has 36 heavy (non-hydrogen) atoms. The second-order valence-corrected chi connectivity index (χ2v) is 12.4. The molecule has 192 valence electrons. The van der Waals surface area contributed by atoms with E-state index in [9.17, 15) is 4.79 Å². The summed E-state index contributed by atoms with van der Waals surface area (Å²) >= 11 is 3.64. The number of carbonyl (C=O) groups is 1. The second-order valence-electron chi connectivity index (χ2n) is 10.2. The fourth-order valence-electron chi connectivity index (χ4n) is 5.69. The van der Waals surface area contributed by atoms with Gasteiger partial charge >= 0.3 is 6.03 Å². The molecule has 0 saturated carbocycles. The van der Waals surface area contributed by atoms with Crippen molar-refractivity contribution in [3.63, 3.8) is 0 Å². The lowest BCUT2D eigenvalue weighted by Gasteiger charge is -2.32. The smallest absolute Gasteiger partial charge is 0.320 e. The topological polar surface area (TPSA) is 64.6 Å². The van der Waals surface area contributed by atoms with E-state index < -0.39 is 0 Å². The van der Waals surface area contributed by atoms with Crippen LogP contribution in [0.15, 0.2) is 24.5 Å². The van der Waals surface area contributed by atoms with Crippen LogP contribution in [0.2, 0.25) is 0 Å². The summed E-state index contributed by atoms with van der Waals surface area (Å²) in [4.78, 5) is 21.0. The lowest BCUT2D eigenvalue weighted by atomic mass is 9.95. The molecule has 3 N–H and O–H groups in total. The van der Waals surface area contributed by atoms with E-state index in [-0.39, 0.29) is 6.03 Å². The third-order valence-electron chi connectivity index (χ3n) is 7.77. The average molecular weight is 525 g/mol. The van der Waals surface area contributed by atoms with Crippen LogP contribution in [0.4, 0.5) is 9.80 Å². The Bertz CT molecular complexity index is 1210. The Morgan fingerprint density at radius 3 is 2.58 bits per heavy atom. The quantitative estimate of drug-likeness (QED) is 0.452. The van der Waals surface area contributed by atoms with Crippen molar-refractivity contribution in [1.82, 2.24) is 25.0 Å². The van der Waals surface area contributed by atoms with Crippen LogP contribution in [0.3, 0.4) is 0 Å². The van der Waals surface area contributed by atoms with Crippen molar-refractivity contribution in [2.45, 2.75) is 51.7 Å². The van der Waals surface area contributed by atoms with Gasteiger partial charge in [0.25, 0.3) is 0 Å². The van der Waals surface area contributed by atoms with E-state index in [0.29, 0.717) is 6.54 Å². The normalized spacial score (nSPS) is 18.6. The summed E-state index contributed by atoms with van der Waals surface area (Å²) in [6.07, 6.45) is 10.0. The molecule has 1 saturated heterocycles. The first-order valence-corrected chi connectivity index (χ1v) is 14.9. The predicted molar refractivity (Wildman–Crippen MR) is 149 cm³/mol. The zero-order chi connectivity index (χ0) is 24.5. The number of rotatable bonds is 6. The largest absolute Gasteiger partial charge is 0.334 e. The van der Waals surface area contributed by atoms with Crippen molar-refractivity contribution in [3.8, 4) is 5.00 Å². The fourth-order valence-corrected chi connectivity index (χ4v) is 8.29. The van der Waals surface area contributed by atoms with E-state index in [1.165, 1.54) is 49.9 Å². The van der Waals surface area contributed by atoms with Gasteiger partial charge in [0.05, 0.1) is 0 Å². The van der Waals surface area contributed by atoms with E-state index >= 15 is 0 Å². The minimum absolute atomic E-state index is 0.0967. The van der Waals surface area contributed by atoms with Crippen LogP contribution in [-0.2, 0) is 38.9 Å². The average Bonchev–Trinajstić information content (AvgIpc) is 3.62. The molecule has 9 heteroatoms. The van der Waals surface area contributed by atoms with E-state index in [1.54, 1.807) is 0 Å². The van der Waals surface area contributed by atoms with Gasteiger partial charge in [-0.05, 0) is 69.0 Å². The molecule has 1 fully saturated rings. The van der Waals surface area contributed by atoms with Crippen molar-refractivity contribution in [2.24, 2.45) is 0 Å². The summed E-state index contributed by atoms with van der Waals surface area (Å²) in [5.74, 6) is 0. The summed E-state index contributed by atoms with van der Waals surface area (Å²) in [6, 6.07) is 4.02. The minimum atomic E-state index is -0.0967. The Hall–Kier alpha value is -2.17. The summed E-state index contributed by atoms with van der Waals surface area (Å²) in [5.41, 5.74) is 5.53. The van der Waals surface area contributed by atoms with Gasteiger partial charge in [0.1, 0.15) is 10.0 Å². The minimum Gasteiger partial charge on any atom is -0.334 e. The van der Waals surface area contributed by atoms with Gasteiger partial charge < -0.3 is 20.1 Å². The number of hydrogen-bond donors (Lipinski definition) is 3.